The predicted octanol–water partition coefficient (Wildman–Crippen LogP) is 11.5. The molecule has 0 saturated carbocycles. The zero-order valence-electron chi connectivity index (χ0n) is 25.7. The van der Waals surface area contributed by atoms with E-state index in [2.05, 4.69) is 56.1 Å². The summed E-state index contributed by atoms with van der Waals surface area (Å²) in [5.41, 5.74) is 6.50. The van der Waals surface area contributed by atoms with E-state index in [4.69, 9.17) is 21.1 Å². The Hall–Kier alpha value is -4.49. The van der Waals surface area contributed by atoms with Gasteiger partial charge in [-0.2, -0.15) is 0 Å². The average Bonchev–Trinajstić information content (AvgIpc) is 3.13. The third kappa shape index (κ3) is 10.8. The Morgan fingerprint density at radius 3 is 1.13 bits per heavy atom. The van der Waals surface area contributed by atoms with Crippen molar-refractivity contribution in [3.8, 4) is 33.8 Å². The molecule has 0 saturated heterocycles. The smallest absolute Gasteiger partial charge is 0.252 e. The molecule has 0 aliphatic rings. The van der Waals surface area contributed by atoms with Crippen molar-refractivity contribution in [3.63, 3.8) is 0 Å². The van der Waals surface area contributed by atoms with Gasteiger partial charge in [0.15, 0.2) is 5.78 Å². The molecule has 7 heteroatoms. The van der Waals surface area contributed by atoms with Crippen molar-refractivity contribution in [2.24, 2.45) is 0 Å². The van der Waals surface area contributed by atoms with Crippen LogP contribution in [0.5, 0.6) is 11.5 Å². The van der Waals surface area contributed by atoms with E-state index in [-0.39, 0.29) is 5.78 Å². The molecule has 0 atom stereocenters. The Morgan fingerprint density at radius 1 is 0.447 bits per heavy atom. The van der Waals surface area contributed by atoms with Crippen molar-refractivity contribution in [2.75, 3.05) is 14.2 Å². The highest BCUT2D eigenvalue weighted by atomic mass is 79.9. The molecule has 6 aromatic rings. The van der Waals surface area contributed by atoms with Gasteiger partial charge in [-0.15, -0.1) is 0 Å². The fourth-order valence-electron chi connectivity index (χ4n) is 4.36. The van der Waals surface area contributed by atoms with Gasteiger partial charge in [0.05, 0.1) is 14.2 Å². The summed E-state index contributed by atoms with van der Waals surface area (Å²) in [5.74, 6) is 1.75. The summed E-state index contributed by atoms with van der Waals surface area (Å²) >= 11 is 11.8. The summed E-state index contributed by atoms with van der Waals surface area (Å²) < 4.78 is 12.2. The number of ketones is 1. The van der Waals surface area contributed by atoms with Crippen molar-refractivity contribution in [1.29, 1.82) is 0 Å². The molecule has 0 amide bonds. The largest absolute Gasteiger partial charge is 0.497 e. The van der Waals surface area contributed by atoms with Crippen molar-refractivity contribution in [3.05, 3.63) is 177 Å². The first-order valence-electron chi connectivity index (χ1n) is 14.5. The van der Waals surface area contributed by atoms with Gasteiger partial charge in [0.1, 0.15) is 11.5 Å². The summed E-state index contributed by atoms with van der Waals surface area (Å²) in [6.45, 7) is 0. The fraction of sp³-hybridized carbons (Fsp3) is 0.0500. The van der Waals surface area contributed by atoms with E-state index in [1.165, 1.54) is 11.1 Å². The van der Waals surface area contributed by atoms with E-state index in [0.29, 0.717) is 16.7 Å². The Labute approximate surface area is 297 Å². The number of methoxy groups -OCH3 is 2. The summed E-state index contributed by atoms with van der Waals surface area (Å²) in [6, 6.07) is 48.2. The molecular formula is C40H31Br2ClO4. The minimum absolute atomic E-state index is 0.0266. The molecule has 0 aromatic heterocycles. The van der Waals surface area contributed by atoms with Crippen LogP contribution in [0.4, 0.5) is 0 Å². The lowest BCUT2D eigenvalue weighted by molar-refractivity contribution is 0.103. The van der Waals surface area contributed by atoms with Crippen molar-refractivity contribution < 1.29 is 19.1 Å². The lowest BCUT2D eigenvalue weighted by atomic mass is 9.99. The van der Waals surface area contributed by atoms with E-state index in [1.54, 1.807) is 38.5 Å². The molecule has 47 heavy (non-hydrogen) atoms. The number of carbonyl (C=O) groups excluding carboxylic acids is 2. The first-order valence-corrected chi connectivity index (χ1v) is 16.4. The Kier molecular flexibility index (Phi) is 13.5. The number of ether oxygens (including phenoxy) is 2. The summed E-state index contributed by atoms with van der Waals surface area (Å²) in [6.07, 6.45) is 0. The quantitative estimate of drug-likeness (QED) is 0.120. The molecule has 0 heterocycles. The Morgan fingerprint density at radius 2 is 0.766 bits per heavy atom. The minimum atomic E-state index is -0.424. The molecule has 0 radical (unpaired) electrons. The third-order valence-corrected chi connectivity index (χ3v) is 8.22. The molecule has 0 aliphatic heterocycles. The number of hydrogen-bond donors (Lipinski definition) is 0. The predicted molar refractivity (Wildman–Crippen MR) is 199 cm³/mol. The first kappa shape index (κ1) is 35.4. The van der Waals surface area contributed by atoms with E-state index in [0.717, 1.165) is 31.6 Å². The van der Waals surface area contributed by atoms with E-state index in [9.17, 15) is 9.59 Å². The van der Waals surface area contributed by atoms with Gasteiger partial charge in [-0.05, 0) is 107 Å². The van der Waals surface area contributed by atoms with Crippen LogP contribution in [-0.4, -0.2) is 25.2 Å². The second-order valence-electron chi connectivity index (χ2n) is 10.0. The van der Waals surface area contributed by atoms with Crippen LogP contribution in [0.2, 0.25) is 0 Å². The van der Waals surface area contributed by atoms with Crippen LogP contribution in [0.25, 0.3) is 22.3 Å². The molecule has 0 N–H and O–H groups in total. The first-order chi connectivity index (χ1) is 22.8. The second kappa shape index (κ2) is 18.0. The van der Waals surface area contributed by atoms with E-state index in [1.807, 2.05) is 103 Å². The maximum Gasteiger partial charge on any atom is 0.252 e. The summed E-state index contributed by atoms with van der Waals surface area (Å²) in [7, 11) is 3.33. The summed E-state index contributed by atoms with van der Waals surface area (Å²) in [5, 5.41) is -0.424. The molecule has 4 nitrogen and oxygen atoms in total. The molecule has 6 aromatic carbocycles. The molecular weight excluding hydrogens is 740 g/mol. The molecule has 0 spiro atoms. The topological polar surface area (TPSA) is 52.6 Å². The van der Waals surface area contributed by atoms with E-state index >= 15 is 0 Å². The van der Waals surface area contributed by atoms with Crippen LogP contribution >= 0.6 is 43.5 Å². The Bertz CT molecular complexity index is 1860. The van der Waals surface area contributed by atoms with Crippen LogP contribution in [0.3, 0.4) is 0 Å². The normalized spacial score (nSPS) is 9.98. The van der Waals surface area contributed by atoms with Crippen LogP contribution in [-0.2, 0) is 0 Å². The average molecular weight is 771 g/mol. The van der Waals surface area contributed by atoms with Gasteiger partial charge >= 0.3 is 0 Å². The van der Waals surface area contributed by atoms with Crippen LogP contribution in [0.1, 0.15) is 26.3 Å². The molecule has 0 fully saturated rings. The summed E-state index contributed by atoms with van der Waals surface area (Å²) in [4.78, 5) is 23.0. The van der Waals surface area contributed by atoms with Crippen LogP contribution < -0.4 is 9.47 Å². The van der Waals surface area contributed by atoms with Crippen molar-refractivity contribution >= 4 is 54.5 Å². The molecule has 0 bridgehead atoms. The van der Waals surface area contributed by atoms with Crippen molar-refractivity contribution in [2.45, 2.75) is 0 Å². The number of benzene rings is 6. The molecule has 0 unspecified atom stereocenters. The van der Waals surface area contributed by atoms with Crippen molar-refractivity contribution in [1.82, 2.24) is 0 Å². The zero-order chi connectivity index (χ0) is 33.6. The zero-order valence-corrected chi connectivity index (χ0v) is 29.6. The van der Waals surface area contributed by atoms with Crippen LogP contribution in [0, 0.1) is 0 Å². The van der Waals surface area contributed by atoms with Gasteiger partial charge in [0, 0.05) is 25.6 Å². The second-order valence-corrected chi connectivity index (χ2v) is 12.2. The lowest BCUT2D eigenvalue weighted by Crippen LogP contribution is -2.00. The van der Waals surface area contributed by atoms with E-state index < -0.39 is 5.24 Å². The molecule has 6 rings (SSSR count). The van der Waals surface area contributed by atoms with Gasteiger partial charge in [-0.1, -0.05) is 111 Å². The van der Waals surface area contributed by atoms with Gasteiger partial charge < -0.3 is 9.47 Å². The monoisotopic (exact) mass is 768 g/mol. The van der Waals surface area contributed by atoms with Crippen LogP contribution in [0.15, 0.2) is 161 Å². The third-order valence-electron chi connectivity index (χ3n) is 6.95. The van der Waals surface area contributed by atoms with Gasteiger partial charge in [0.25, 0.3) is 5.24 Å². The van der Waals surface area contributed by atoms with Gasteiger partial charge in [-0.25, -0.2) is 0 Å². The fourth-order valence-corrected chi connectivity index (χ4v) is 5.02. The SMILES string of the molecule is COc1ccc(-c2ccc(C(=O)c3ccc(Br)cc3)cc2)cc1.COc1ccc(-c2ccccc2)cc1.O=C(Cl)c1ccc(Br)cc1. The number of halogens is 3. The molecule has 236 valence electrons. The maximum atomic E-state index is 12.5. The lowest BCUT2D eigenvalue weighted by Gasteiger charge is -2.06. The minimum Gasteiger partial charge on any atom is -0.497 e. The number of carbonyl (C=O) groups is 2. The van der Waals surface area contributed by atoms with Gasteiger partial charge in [0.2, 0.25) is 0 Å². The number of hydrogen-bond acceptors (Lipinski definition) is 4. The number of rotatable bonds is 7. The highest BCUT2D eigenvalue weighted by molar-refractivity contribution is 9.10. The highest BCUT2D eigenvalue weighted by Crippen LogP contribution is 2.24. The van der Waals surface area contributed by atoms with Gasteiger partial charge in [-0.3, -0.25) is 9.59 Å². The highest BCUT2D eigenvalue weighted by Gasteiger charge is 2.09. The maximum absolute atomic E-state index is 12.5. The standard InChI is InChI=1S/C20H15BrO2.C13H12O.C7H4BrClO/c1-23-19-12-8-15(9-13-19)14-2-4-16(5-3-14)20(22)17-6-10-18(21)11-7-17;1-14-13-9-7-12(8-10-13)11-5-3-2-4-6-11;8-6-3-1-5(2-4-6)7(9)10/h2-13H,1H3;2-10H,1H3;1-4H. The Balaban J connectivity index is 0.000000177. The molecule has 0 aliphatic carbocycles.